The molecule has 132 valence electrons. The number of rotatable bonds is 4. The van der Waals surface area contributed by atoms with Crippen LogP contribution in [-0.4, -0.2) is 43.4 Å². The molecule has 0 saturated heterocycles. The highest BCUT2D eigenvalue weighted by Gasteiger charge is 2.37. The first-order valence-corrected chi connectivity index (χ1v) is 8.15. The van der Waals surface area contributed by atoms with Crippen LogP contribution in [0.25, 0.3) is 0 Å². The molecule has 2 N–H and O–H groups in total. The molecule has 6 heteroatoms. The molecule has 1 aliphatic heterocycles. The van der Waals surface area contributed by atoms with Gasteiger partial charge in [0.1, 0.15) is 0 Å². The smallest absolute Gasteiger partial charge is 0.322 e. The first kappa shape index (κ1) is 17.1. The summed E-state index contributed by atoms with van der Waals surface area (Å²) in [5.74, 6) is 1.03. The van der Waals surface area contributed by atoms with E-state index < -0.39 is 0 Å². The van der Waals surface area contributed by atoms with Crippen molar-refractivity contribution < 1.29 is 19.4 Å². The first-order valence-electron chi connectivity index (χ1n) is 8.15. The van der Waals surface area contributed by atoms with Gasteiger partial charge in [0.05, 0.1) is 26.4 Å². The molecule has 0 aliphatic carbocycles. The number of nitrogens with one attached hydrogen (secondary N) is 1. The van der Waals surface area contributed by atoms with Gasteiger partial charge in [0.2, 0.25) is 0 Å². The summed E-state index contributed by atoms with van der Waals surface area (Å²) in [4.78, 5) is 14.3. The van der Waals surface area contributed by atoms with E-state index >= 15 is 0 Å². The lowest BCUT2D eigenvalue weighted by Gasteiger charge is -2.38. The SMILES string of the molecule is COc1cccc2c1OC[C@@H](CO)[C@H]2N(C)C(=O)Nc1ccccc1. The summed E-state index contributed by atoms with van der Waals surface area (Å²) >= 11 is 0. The fourth-order valence-electron chi connectivity index (χ4n) is 3.15. The Morgan fingerprint density at radius 3 is 2.72 bits per heavy atom. The Balaban J connectivity index is 1.89. The number of nitrogens with zero attached hydrogens (tertiary/aromatic N) is 1. The van der Waals surface area contributed by atoms with Gasteiger partial charge in [-0.25, -0.2) is 4.79 Å². The van der Waals surface area contributed by atoms with E-state index in [0.717, 1.165) is 11.3 Å². The van der Waals surface area contributed by atoms with Crippen LogP contribution in [0.4, 0.5) is 10.5 Å². The van der Waals surface area contributed by atoms with Gasteiger partial charge in [-0.2, -0.15) is 0 Å². The van der Waals surface area contributed by atoms with Crippen molar-refractivity contribution in [3.05, 3.63) is 54.1 Å². The van der Waals surface area contributed by atoms with Crippen LogP contribution in [0.1, 0.15) is 11.6 Å². The fourth-order valence-corrected chi connectivity index (χ4v) is 3.15. The first-order chi connectivity index (χ1) is 12.2. The molecule has 3 rings (SSSR count). The van der Waals surface area contributed by atoms with Crippen molar-refractivity contribution in [1.82, 2.24) is 4.90 Å². The zero-order valence-corrected chi connectivity index (χ0v) is 14.3. The number of hydrogen-bond donors (Lipinski definition) is 2. The molecule has 0 unspecified atom stereocenters. The van der Waals surface area contributed by atoms with Crippen LogP contribution in [0, 0.1) is 5.92 Å². The molecular formula is C19H22N2O4. The number of carbonyl (C=O) groups is 1. The van der Waals surface area contributed by atoms with Gasteiger partial charge in [-0.1, -0.05) is 30.3 Å². The highest BCUT2D eigenvalue weighted by Crippen LogP contribution is 2.43. The molecule has 1 aliphatic rings. The lowest BCUT2D eigenvalue weighted by atomic mass is 9.90. The Hall–Kier alpha value is -2.73. The van der Waals surface area contributed by atoms with Crippen LogP contribution in [0.2, 0.25) is 0 Å². The number of urea groups is 1. The second-order valence-corrected chi connectivity index (χ2v) is 5.98. The van der Waals surface area contributed by atoms with Gasteiger partial charge in [0.25, 0.3) is 0 Å². The summed E-state index contributed by atoms with van der Waals surface area (Å²) in [7, 11) is 3.30. The van der Waals surface area contributed by atoms with Crippen LogP contribution in [0.15, 0.2) is 48.5 Å². The van der Waals surface area contributed by atoms with Crippen molar-refractivity contribution in [2.75, 3.05) is 32.7 Å². The zero-order chi connectivity index (χ0) is 17.8. The van der Waals surface area contributed by atoms with E-state index in [9.17, 15) is 9.90 Å². The monoisotopic (exact) mass is 342 g/mol. The molecule has 0 fully saturated rings. The quantitative estimate of drug-likeness (QED) is 0.896. The summed E-state index contributed by atoms with van der Waals surface area (Å²) in [6.07, 6.45) is 0. The summed E-state index contributed by atoms with van der Waals surface area (Å²) in [5.41, 5.74) is 1.55. The van der Waals surface area contributed by atoms with E-state index in [-0.39, 0.29) is 24.6 Å². The summed E-state index contributed by atoms with van der Waals surface area (Å²) in [6, 6.07) is 14.3. The third kappa shape index (κ3) is 3.39. The van der Waals surface area contributed by atoms with Crippen LogP contribution in [-0.2, 0) is 0 Å². The largest absolute Gasteiger partial charge is 0.493 e. The predicted octanol–water partition coefficient (Wildman–Crippen LogP) is 2.90. The Labute approximate surface area is 147 Å². The minimum Gasteiger partial charge on any atom is -0.493 e. The standard InChI is InChI=1S/C19H22N2O4/c1-21(19(23)20-14-7-4-3-5-8-14)17-13(11-22)12-25-18-15(17)9-6-10-16(18)24-2/h3-10,13,17,22H,11-12H2,1-2H3,(H,20,23)/t13-,17-/m1/s1. The van der Waals surface area contributed by atoms with Crippen LogP contribution >= 0.6 is 0 Å². The molecule has 0 spiro atoms. The average molecular weight is 342 g/mol. The molecule has 2 amide bonds. The molecule has 0 radical (unpaired) electrons. The maximum atomic E-state index is 12.7. The molecule has 0 aromatic heterocycles. The predicted molar refractivity (Wildman–Crippen MR) is 95.0 cm³/mol. The van der Waals surface area contributed by atoms with Crippen molar-refractivity contribution in [2.24, 2.45) is 5.92 Å². The van der Waals surface area contributed by atoms with E-state index in [4.69, 9.17) is 9.47 Å². The minimum absolute atomic E-state index is 0.0791. The number of ether oxygens (including phenoxy) is 2. The Morgan fingerprint density at radius 1 is 1.28 bits per heavy atom. The fraction of sp³-hybridized carbons (Fsp3) is 0.316. The van der Waals surface area contributed by atoms with Gasteiger partial charge in [-0.3, -0.25) is 0 Å². The summed E-state index contributed by atoms with van der Waals surface area (Å²) in [5, 5.41) is 12.6. The third-order valence-corrected chi connectivity index (χ3v) is 4.43. The highest BCUT2D eigenvalue weighted by molar-refractivity contribution is 5.89. The van der Waals surface area contributed by atoms with E-state index in [1.165, 1.54) is 0 Å². The number of fused-ring (bicyclic) bond motifs is 1. The van der Waals surface area contributed by atoms with Gasteiger partial charge in [0, 0.05) is 24.2 Å². The van der Waals surface area contributed by atoms with Gasteiger partial charge < -0.3 is 24.8 Å². The van der Waals surface area contributed by atoms with Crippen molar-refractivity contribution in [3.8, 4) is 11.5 Å². The van der Waals surface area contributed by atoms with Gasteiger partial charge in [-0.05, 0) is 18.2 Å². The summed E-state index contributed by atoms with van der Waals surface area (Å²) < 4.78 is 11.1. The van der Waals surface area contributed by atoms with Crippen LogP contribution < -0.4 is 14.8 Å². The molecule has 25 heavy (non-hydrogen) atoms. The molecule has 6 nitrogen and oxygen atoms in total. The second-order valence-electron chi connectivity index (χ2n) is 5.98. The number of methoxy groups -OCH3 is 1. The number of hydrogen-bond acceptors (Lipinski definition) is 4. The van der Waals surface area contributed by atoms with Gasteiger partial charge >= 0.3 is 6.03 Å². The number of benzene rings is 2. The second kappa shape index (κ2) is 7.44. The van der Waals surface area contributed by atoms with Crippen molar-refractivity contribution in [1.29, 1.82) is 0 Å². The van der Waals surface area contributed by atoms with E-state index in [1.54, 1.807) is 19.1 Å². The van der Waals surface area contributed by atoms with E-state index in [1.807, 2.05) is 48.5 Å². The number of aliphatic hydroxyl groups excluding tert-OH is 1. The van der Waals surface area contributed by atoms with E-state index in [2.05, 4.69) is 5.32 Å². The topological polar surface area (TPSA) is 71.0 Å². The number of para-hydroxylation sites is 2. The number of aliphatic hydroxyl groups is 1. The lowest BCUT2D eigenvalue weighted by molar-refractivity contribution is 0.0719. The number of anilines is 1. The lowest BCUT2D eigenvalue weighted by Crippen LogP contribution is -2.43. The van der Waals surface area contributed by atoms with Crippen molar-refractivity contribution in [3.63, 3.8) is 0 Å². The highest BCUT2D eigenvalue weighted by atomic mass is 16.5. The summed E-state index contributed by atoms with van der Waals surface area (Å²) in [6.45, 7) is 0.238. The maximum Gasteiger partial charge on any atom is 0.322 e. The van der Waals surface area contributed by atoms with Crippen molar-refractivity contribution >= 4 is 11.7 Å². The van der Waals surface area contributed by atoms with E-state index in [0.29, 0.717) is 18.1 Å². The number of carbonyl (C=O) groups excluding carboxylic acids is 1. The minimum atomic E-state index is -0.312. The van der Waals surface area contributed by atoms with Crippen LogP contribution in [0.3, 0.4) is 0 Å². The van der Waals surface area contributed by atoms with Crippen molar-refractivity contribution in [2.45, 2.75) is 6.04 Å². The Morgan fingerprint density at radius 2 is 2.04 bits per heavy atom. The number of amides is 2. The van der Waals surface area contributed by atoms with Gasteiger partial charge in [-0.15, -0.1) is 0 Å². The average Bonchev–Trinajstić information content (AvgIpc) is 2.66. The zero-order valence-electron chi connectivity index (χ0n) is 14.3. The Bertz CT molecular complexity index is 735. The molecule has 1 heterocycles. The molecule has 2 aromatic carbocycles. The molecular weight excluding hydrogens is 320 g/mol. The third-order valence-electron chi connectivity index (χ3n) is 4.43. The van der Waals surface area contributed by atoms with Crippen LogP contribution in [0.5, 0.6) is 11.5 Å². The maximum absolute atomic E-state index is 12.7. The molecule has 2 aromatic rings. The normalized spacial score (nSPS) is 18.7. The van der Waals surface area contributed by atoms with Gasteiger partial charge in [0.15, 0.2) is 11.5 Å². The molecule has 0 saturated carbocycles. The molecule has 0 bridgehead atoms. The Kier molecular flexibility index (Phi) is 5.09. The molecule has 2 atom stereocenters.